The van der Waals surface area contributed by atoms with Crippen LogP contribution in [-0.4, -0.2) is 20.6 Å². The lowest BCUT2D eigenvalue weighted by Crippen LogP contribution is -2.10. The average molecular weight is 298 g/mol. The summed E-state index contributed by atoms with van der Waals surface area (Å²) in [7, 11) is 0. The third kappa shape index (κ3) is 2.70. The molecule has 0 amide bonds. The fraction of sp³-hybridized carbons (Fsp3) is 0.176. The normalized spacial score (nSPS) is 11.0. The van der Waals surface area contributed by atoms with E-state index in [0.717, 1.165) is 16.6 Å². The highest BCUT2D eigenvalue weighted by Crippen LogP contribution is 2.21. The molecule has 5 heteroatoms. The van der Waals surface area contributed by atoms with Crippen molar-refractivity contribution in [3.05, 3.63) is 65.2 Å². The van der Waals surface area contributed by atoms with Crippen LogP contribution >= 0.6 is 0 Å². The van der Waals surface area contributed by atoms with Gasteiger partial charge in [0.05, 0.1) is 11.0 Å². The first-order chi connectivity index (χ1) is 10.5. The number of nitrogens with zero attached hydrogens (tertiary/aromatic N) is 2. The maximum absolute atomic E-state index is 13.4. The van der Waals surface area contributed by atoms with Gasteiger partial charge in [0, 0.05) is 12.6 Å². The second kappa shape index (κ2) is 5.60. The van der Waals surface area contributed by atoms with Crippen molar-refractivity contribution < 1.29 is 14.3 Å². The van der Waals surface area contributed by atoms with Gasteiger partial charge in [-0.3, -0.25) is 4.79 Å². The Morgan fingerprint density at radius 1 is 1.27 bits per heavy atom. The third-order valence-corrected chi connectivity index (χ3v) is 3.69. The molecule has 112 valence electrons. The van der Waals surface area contributed by atoms with Crippen molar-refractivity contribution in [1.29, 1.82) is 0 Å². The van der Waals surface area contributed by atoms with Gasteiger partial charge in [0.15, 0.2) is 0 Å². The van der Waals surface area contributed by atoms with Crippen LogP contribution in [0.4, 0.5) is 4.39 Å². The SMILES string of the molecule is Cc1ccccc1Cn1c(CC(=O)O)nc2cc(F)ccc21. The molecular weight excluding hydrogens is 283 g/mol. The van der Waals surface area contributed by atoms with E-state index >= 15 is 0 Å². The Labute approximate surface area is 126 Å². The maximum atomic E-state index is 13.4. The van der Waals surface area contributed by atoms with Crippen LogP contribution in [0.1, 0.15) is 17.0 Å². The van der Waals surface area contributed by atoms with Crippen LogP contribution in [-0.2, 0) is 17.8 Å². The van der Waals surface area contributed by atoms with E-state index in [1.165, 1.54) is 12.1 Å². The molecule has 4 nitrogen and oxygen atoms in total. The molecule has 1 N–H and O–H groups in total. The topological polar surface area (TPSA) is 55.1 Å². The highest BCUT2D eigenvalue weighted by Gasteiger charge is 2.15. The molecule has 0 fully saturated rings. The van der Waals surface area contributed by atoms with Gasteiger partial charge in [0.1, 0.15) is 18.1 Å². The Morgan fingerprint density at radius 3 is 2.77 bits per heavy atom. The number of fused-ring (bicyclic) bond motifs is 1. The van der Waals surface area contributed by atoms with Crippen LogP contribution in [0.5, 0.6) is 0 Å². The molecule has 0 bridgehead atoms. The first-order valence-electron chi connectivity index (χ1n) is 6.95. The molecule has 0 saturated heterocycles. The fourth-order valence-corrected chi connectivity index (χ4v) is 2.56. The zero-order valence-corrected chi connectivity index (χ0v) is 12.1. The number of carboxylic acid groups (broad SMARTS) is 1. The van der Waals surface area contributed by atoms with Crippen LogP contribution in [0, 0.1) is 12.7 Å². The minimum atomic E-state index is -0.957. The lowest BCUT2D eigenvalue weighted by Gasteiger charge is -2.10. The number of aliphatic carboxylic acids is 1. The first kappa shape index (κ1) is 14.3. The number of carboxylic acids is 1. The molecule has 0 atom stereocenters. The predicted molar refractivity (Wildman–Crippen MR) is 81.3 cm³/mol. The van der Waals surface area contributed by atoms with Crippen molar-refractivity contribution in [2.75, 3.05) is 0 Å². The van der Waals surface area contributed by atoms with Crippen LogP contribution in [0.3, 0.4) is 0 Å². The molecule has 0 spiro atoms. The lowest BCUT2D eigenvalue weighted by molar-refractivity contribution is -0.136. The van der Waals surface area contributed by atoms with Crippen molar-refractivity contribution >= 4 is 17.0 Å². The van der Waals surface area contributed by atoms with Crippen molar-refractivity contribution in [2.45, 2.75) is 19.9 Å². The number of rotatable bonds is 4. The Bertz CT molecular complexity index is 855. The van der Waals surface area contributed by atoms with E-state index < -0.39 is 5.97 Å². The number of aromatic nitrogens is 2. The largest absolute Gasteiger partial charge is 0.481 e. The second-order valence-electron chi connectivity index (χ2n) is 5.24. The van der Waals surface area contributed by atoms with Crippen LogP contribution < -0.4 is 0 Å². The number of benzene rings is 2. The molecule has 2 aromatic carbocycles. The summed E-state index contributed by atoms with van der Waals surface area (Å²) in [6, 6.07) is 12.2. The van der Waals surface area contributed by atoms with Crippen LogP contribution in [0.15, 0.2) is 42.5 Å². The van der Waals surface area contributed by atoms with Gasteiger partial charge >= 0.3 is 5.97 Å². The molecule has 0 unspecified atom stereocenters. The molecule has 1 heterocycles. The zero-order valence-electron chi connectivity index (χ0n) is 12.1. The van der Waals surface area contributed by atoms with E-state index in [1.807, 2.05) is 35.8 Å². The van der Waals surface area contributed by atoms with Gasteiger partial charge in [-0.05, 0) is 30.2 Å². The summed E-state index contributed by atoms with van der Waals surface area (Å²) in [5, 5.41) is 9.06. The number of halogens is 1. The molecule has 22 heavy (non-hydrogen) atoms. The molecule has 0 aliphatic carbocycles. The molecule has 0 aliphatic rings. The monoisotopic (exact) mass is 298 g/mol. The Hall–Kier alpha value is -2.69. The smallest absolute Gasteiger partial charge is 0.311 e. The first-order valence-corrected chi connectivity index (χ1v) is 6.95. The summed E-state index contributed by atoms with van der Waals surface area (Å²) < 4.78 is 15.2. The summed E-state index contributed by atoms with van der Waals surface area (Å²) in [6.07, 6.45) is -0.192. The molecule has 1 aromatic heterocycles. The molecule has 0 radical (unpaired) electrons. The average Bonchev–Trinajstić information content (AvgIpc) is 2.77. The van der Waals surface area contributed by atoms with E-state index in [9.17, 15) is 9.18 Å². The minimum absolute atomic E-state index is 0.192. The van der Waals surface area contributed by atoms with E-state index in [4.69, 9.17) is 5.11 Å². The predicted octanol–water partition coefficient (Wildman–Crippen LogP) is 3.16. The highest BCUT2D eigenvalue weighted by atomic mass is 19.1. The van der Waals surface area contributed by atoms with Crippen LogP contribution in [0.25, 0.3) is 11.0 Å². The summed E-state index contributed by atoms with van der Waals surface area (Å²) in [5.74, 6) is -0.909. The zero-order chi connectivity index (χ0) is 15.7. The second-order valence-corrected chi connectivity index (χ2v) is 5.24. The summed E-state index contributed by atoms with van der Waals surface area (Å²) >= 11 is 0. The van der Waals surface area contributed by atoms with Crippen molar-refractivity contribution in [3.8, 4) is 0 Å². The summed E-state index contributed by atoms with van der Waals surface area (Å²) in [5.41, 5.74) is 3.41. The van der Waals surface area contributed by atoms with E-state index in [2.05, 4.69) is 4.98 Å². The number of hydrogen-bond acceptors (Lipinski definition) is 2. The van der Waals surface area contributed by atoms with Gasteiger partial charge in [0.2, 0.25) is 0 Å². The number of carbonyl (C=O) groups is 1. The summed E-state index contributed by atoms with van der Waals surface area (Å²) in [6.45, 7) is 2.52. The van der Waals surface area contributed by atoms with Gasteiger partial charge in [-0.25, -0.2) is 9.37 Å². The molecule has 3 aromatic rings. The molecule has 3 rings (SSSR count). The maximum Gasteiger partial charge on any atom is 0.311 e. The Kier molecular flexibility index (Phi) is 3.63. The van der Waals surface area contributed by atoms with Crippen molar-refractivity contribution in [3.63, 3.8) is 0 Å². The quantitative estimate of drug-likeness (QED) is 0.805. The van der Waals surface area contributed by atoms with Crippen molar-refractivity contribution in [1.82, 2.24) is 9.55 Å². The van der Waals surface area contributed by atoms with Gasteiger partial charge in [0.25, 0.3) is 0 Å². The van der Waals surface area contributed by atoms with Gasteiger partial charge < -0.3 is 9.67 Å². The molecule has 0 saturated carbocycles. The minimum Gasteiger partial charge on any atom is -0.481 e. The molecule has 0 aliphatic heterocycles. The number of imidazole rings is 1. The summed E-state index contributed by atoms with van der Waals surface area (Å²) in [4.78, 5) is 15.3. The van der Waals surface area contributed by atoms with Gasteiger partial charge in [-0.2, -0.15) is 0 Å². The highest BCUT2D eigenvalue weighted by molar-refractivity contribution is 5.78. The van der Waals surface area contributed by atoms with E-state index in [1.54, 1.807) is 6.07 Å². The fourth-order valence-electron chi connectivity index (χ4n) is 2.56. The van der Waals surface area contributed by atoms with Gasteiger partial charge in [-0.1, -0.05) is 24.3 Å². The van der Waals surface area contributed by atoms with E-state index in [0.29, 0.717) is 17.9 Å². The van der Waals surface area contributed by atoms with Crippen molar-refractivity contribution in [2.24, 2.45) is 0 Å². The third-order valence-electron chi connectivity index (χ3n) is 3.69. The van der Waals surface area contributed by atoms with E-state index in [-0.39, 0.29) is 12.2 Å². The number of aryl methyl sites for hydroxylation is 1. The number of hydrogen-bond donors (Lipinski definition) is 1. The van der Waals surface area contributed by atoms with Crippen LogP contribution in [0.2, 0.25) is 0 Å². The Morgan fingerprint density at radius 2 is 2.05 bits per heavy atom. The van der Waals surface area contributed by atoms with Gasteiger partial charge in [-0.15, -0.1) is 0 Å². The lowest BCUT2D eigenvalue weighted by atomic mass is 10.1. The molecular formula is C17H15FN2O2. The standard InChI is InChI=1S/C17H15FN2O2/c1-11-4-2-3-5-12(11)10-20-15-7-6-13(18)8-14(15)19-16(20)9-17(21)22/h2-8H,9-10H2,1H3,(H,21,22). The Balaban J connectivity index is 2.13.